The molecule has 0 atom stereocenters. The third-order valence-electron chi connectivity index (χ3n) is 2.77. The second-order valence-corrected chi connectivity index (χ2v) is 4.63. The molecule has 0 spiro atoms. The minimum atomic E-state index is -0.0318. The van der Waals surface area contributed by atoms with Crippen molar-refractivity contribution in [3.05, 3.63) is 52.0 Å². The average Bonchev–Trinajstić information content (AvgIpc) is 2.80. The Balaban J connectivity index is 2.48. The van der Waals surface area contributed by atoms with E-state index in [2.05, 4.69) is 20.9 Å². The van der Waals surface area contributed by atoms with Crippen molar-refractivity contribution >= 4 is 21.7 Å². The molecule has 2 rings (SSSR count). The zero-order chi connectivity index (χ0) is 12.4. The molecule has 0 N–H and O–H groups in total. The number of carbonyl (C=O) groups is 1. The molecule has 0 aliphatic carbocycles. The molecule has 0 unspecified atom stereocenters. The van der Waals surface area contributed by atoms with E-state index in [0.29, 0.717) is 11.4 Å². The summed E-state index contributed by atoms with van der Waals surface area (Å²) >= 11 is 3.43. The first-order valence-electron chi connectivity index (χ1n) is 5.46. The summed E-state index contributed by atoms with van der Waals surface area (Å²) in [5.74, 6) is 0.462. The molecule has 3 nitrogen and oxygen atoms in total. The minimum absolute atomic E-state index is 0.0318. The molecule has 0 saturated heterocycles. The van der Waals surface area contributed by atoms with Gasteiger partial charge in [-0.1, -0.05) is 28.1 Å². The molecule has 0 fully saturated rings. The first-order valence-corrected chi connectivity index (χ1v) is 6.25. The summed E-state index contributed by atoms with van der Waals surface area (Å²) in [6.07, 6.45) is 3.48. The first-order chi connectivity index (χ1) is 8.15. The van der Waals surface area contributed by atoms with Gasteiger partial charge in [0.25, 0.3) is 0 Å². The van der Waals surface area contributed by atoms with Crippen LogP contribution in [0.4, 0.5) is 0 Å². The normalized spacial score (nSPS) is 10.5. The molecular formula is C13H13BrN2O. The minimum Gasteiger partial charge on any atom is -0.328 e. The van der Waals surface area contributed by atoms with Crippen LogP contribution in [-0.2, 0) is 6.54 Å². The molecule has 1 aromatic heterocycles. The van der Waals surface area contributed by atoms with Crippen LogP contribution in [0.5, 0.6) is 0 Å². The van der Waals surface area contributed by atoms with Gasteiger partial charge >= 0.3 is 0 Å². The topological polar surface area (TPSA) is 34.9 Å². The second-order valence-electron chi connectivity index (χ2n) is 3.78. The molecule has 2 aromatic rings. The van der Waals surface area contributed by atoms with Crippen molar-refractivity contribution in [3.63, 3.8) is 0 Å². The summed E-state index contributed by atoms with van der Waals surface area (Å²) < 4.78 is 2.79. The van der Waals surface area contributed by atoms with Crippen LogP contribution in [0.3, 0.4) is 0 Å². The van der Waals surface area contributed by atoms with E-state index in [4.69, 9.17) is 0 Å². The van der Waals surface area contributed by atoms with E-state index >= 15 is 0 Å². The Kier molecular flexibility index (Phi) is 3.43. The Morgan fingerprint density at radius 3 is 2.94 bits per heavy atom. The van der Waals surface area contributed by atoms with Gasteiger partial charge in [-0.05, 0) is 25.5 Å². The number of aromatic nitrogens is 2. The lowest BCUT2D eigenvalue weighted by atomic mass is 10.0. The smallest absolute Gasteiger partial charge is 0.228 e. The van der Waals surface area contributed by atoms with E-state index in [9.17, 15) is 4.79 Å². The second kappa shape index (κ2) is 4.84. The summed E-state index contributed by atoms with van der Waals surface area (Å²) in [7, 11) is 0. The quantitative estimate of drug-likeness (QED) is 0.814. The number of imidazole rings is 1. The van der Waals surface area contributed by atoms with Gasteiger partial charge in [0, 0.05) is 29.0 Å². The van der Waals surface area contributed by atoms with Gasteiger partial charge in [0.15, 0.2) is 5.82 Å². The molecule has 0 amide bonds. The number of rotatable bonds is 3. The Labute approximate surface area is 109 Å². The molecule has 0 radical (unpaired) electrons. The van der Waals surface area contributed by atoms with Crippen LogP contribution < -0.4 is 0 Å². The van der Waals surface area contributed by atoms with Crippen LogP contribution in [0, 0.1) is 6.92 Å². The monoisotopic (exact) mass is 292 g/mol. The zero-order valence-corrected chi connectivity index (χ0v) is 11.4. The summed E-state index contributed by atoms with van der Waals surface area (Å²) in [6, 6.07) is 5.62. The third-order valence-corrected chi connectivity index (χ3v) is 3.63. The molecule has 0 bridgehead atoms. The number of halogens is 1. The van der Waals surface area contributed by atoms with Crippen molar-refractivity contribution in [1.29, 1.82) is 0 Å². The molecule has 1 aromatic carbocycles. The Hall–Kier alpha value is -1.42. The fourth-order valence-corrected chi connectivity index (χ4v) is 2.11. The first kappa shape index (κ1) is 12.0. The fraction of sp³-hybridized carbons (Fsp3) is 0.231. The number of carbonyl (C=O) groups excluding carboxylic acids is 1. The van der Waals surface area contributed by atoms with Crippen molar-refractivity contribution in [3.8, 4) is 0 Å². The van der Waals surface area contributed by atoms with Gasteiger partial charge in [-0.25, -0.2) is 4.98 Å². The highest BCUT2D eigenvalue weighted by molar-refractivity contribution is 9.10. The van der Waals surface area contributed by atoms with Gasteiger partial charge in [0.05, 0.1) is 0 Å². The van der Waals surface area contributed by atoms with Crippen LogP contribution in [0.2, 0.25) is 0 Å². The van der Waals surface area contributed by atoms with Crippen molar-refractivity contribution < 1.29 is 4.79 Å². The van der Waals surface area contributed by atoms with Crippen LogP contribution in [0.15, 0.2) is 35.1 Å². The highest BCUT2D eigenvalue weighted by atomic mass is 79.9. The number of ketones is 1. The van der Waals surface area contributed by atoms with E-state index in [0.717, 1.165) is 16.6 Å². The third kappa shape index (κ3) is 2.17. The van der Waals surface area contributed by atoms with Gasteiger partial charge in [-0.2, -0.15) is 0 Å². The van der Waals surface area contributed by atoms with E-state index < -0.39 is 0 Å². The van der Waals surface area contributed by atoms with Crippen LogP contribution in [0.25, 0.3) is 0 Å². The SMILES string of the molecule is CCn1ccnc1C(=O)c1cccc(Br)c1C. The highest BCUT2D eigenvalue weighted by Crippen LogP contribution is 2.21. The van der Waals surface area contributed by atoms with E-state index in [-0.39, 0.29) is 5.78 Å². The van der Waals surface area contributed by atoms with Gasteiger partial charge in [0.2, 0.25) is 5.78 Å². The van der Waals surface area contributed by atoms with E-state index in [1.807, 2.05) is 42.8 Å². The fourth-order valence-electron chi connectivity index (χ4n) is 1.75. The number of aryl methyl sites for hydroxylation is 1. The largest absolute Gasteiger partial charge is 0.328 e. The van der Waals surface area contributed by atoms with Gasteiger partial charge in [0.1, 0.15) is 0 Å². The lowest BCUT2D eigenvalue weighted by Crippen LogP contribution is -2.11. The standard InChI is InChI=1S/C13H13BrN2O/c1-3-16-8-7-15-13(16)12(17)10-5-4-6-11(14)9(10)2/h4-8H,3H2,1-2H3. The summed E-state index contributed by atoms with van der Waals surface area (Å²) in [6.45, 7) is 4.66. The Bertz CT molecular complexity index is 560. The number of benzene rings is 1. The zero-order valence-electron chi connectivity index (χ0n) is 9.77. The predicted molar refractivity (Wildman–Crippen MR) is 70.2 cm³/mol. The molecule has 0 aliphatic heterocycles. The molecule has 0 saturated carbocycles. The predicted octanol–water partition coefficient (Wildman–Crippen LogP) is 3.20. The van der Waals surface area contributed by atoms with Gasteiger partial charge in [-0.15, -0.1) is 0 Å². The van der Waals surface area contributed by atoms with Crippen LogP contribution in [-0.4, -0.2) is 15.3 Å². The van der Waals surface area contributed by atoms with Crippen molar-refractivity contribution in [2.24, 2.45) is 0 Å². The maximum Gasteiger partial charge on any atom is 0.228 e. The number of nitrogens with zero attached hydrogens (tertiary/aromatic N) is 2. The summed E-state index contributed by atoms with van der Waals surface area (Å²) in [4.78, 5) is 16.5. The molecule has 17 heavy (non-hydrogen) atoms. The lowest BCUT2D eigenvalue weighted by Gasteiger charge is -2.07. The molecule has 88 valence electrons. The molecular weight excluding hydrogens is 280 g/mol. The van der Waals surface area contributed by atoms with Crippen molar-refractivity contribution in [2.75, 3.05) is 0 Å². The van der Waals surface area contributed by atoms with Gasteiger partial charge < -0.3 is 4.57 Å². The molecule has 0 aliphatic rings. The maximum atomic E-state index is 12.4. The maximum absolute atomic E-state index is 12.4. The molecule has 4 heteroatoms. The summed E-state index contributed by atoms with van der Waals surface area (Å²) in [5.41, 5.74) is 1.64. The van der Waals surface area contributed by atoms with Crippen molar-refractivity contribution in [1.82, 2.24) is 9.55 Å². The van der Waals surface area contributed by atoms with E-state index in [1.165, 1.54) is 0 Å². The van der Waals surface area contributed by atoms with E-state index in [1.54, 1.807) is 6.20 Å². The highest BCUT2D eigenvalue weighted by Gasteiger charge is 2.17. The Morgan fingerprint density at radius 2 is 2.24 bits per heavy atom. The average molecular weight is 293 g/mol. The number of hydrogen-bond acceptors (Lipinski definition) is 2. The summed E-state index contributed by atoms with van der Waals surface area (Å²) in [5, 5.41) is 0. The number of hydrogen-bond donors (Lipinski definition) is 0. The lowest BCUT2D eigenvalue weighted by molar-refractivity contribution is 0.102. The van der Waals surface area contributed by atoms with Crippen LogP contribution in [0.1, 0.15) is 28.7 Å². The molecule has 1 heterocycles. The van der Waals surface area contributed by atoms with Gasteiger partial charge in [-0.3, -0.25) is 4.79 Å². The van der Waals surface area contributed by atoms with Crippen molar-refractivity contribution in [2.45, 2.75) is 20.4 Å². The Morgan fingerprint density at radius 1 is 1.47 bits per heavy atom. The van der Waals surface area contributed by atoms with Crippen LogP contribution >= 0.6 is 15.9 Å².